The van der Waals surface area contributed by atoms with E-state index in [4.69, 9.17) is 0 Å². The SMILES string of the molecule is CCC1CCC(C(=O)NCC(C(=O)O)c2ccc(F)cc2)CC1. The largest absolute Gasteiger partial charge is 0.481 e. The minimum Gasteiger partial charge on any atom is -0.481 e. The lowest BCUT2D eigenvalue weighted by atomic mass is 9.80. The summed E-state index contributed by atoms with van der Waals surface area (Å²) in [5.41, 5.74) is 0.494. The van der Waals surface area contributed by atoms with Gasteiger partial charge in [0, 0.05) is 12.5 Å². The topological polar surface area (TPSA) is 66.4 Å². The summed E-state index contributed by atoms with van der Waals surface area (Å²) in [7, 11) is 0. The second kappa shape index (κ2) is 8.09. The third-order valence-corrected chi connectivity index (χ3v) is 4.85. The Labute approximate surface area is 136 Å². The Morgan fingerprint density at radius 1 is 1.22 bits per heavy atom. The van der Waals surface area contributed by atoms with E-state index in [9.17, 15) is 19.1 Å². The number of nitrogens with one attached hydrogen (secondary N) is 1. The van der Waals surface area contributed by atoms with Crippen LogP contribution in [-0.2, 0) is 9.59 Å². The van der Waals surface area contributed by atoms with E-state index in [1.807, 2.05) is 0 Å². The standard InChI is InChI=1S/C18H24FNO3/c1-2-12-3-5-14(6-4-12)17(21)20-11-16(18(22)23)13-7-9-15(19)10-8-13/h7-10,12,14,16H,2-6,11H2,1H3,(H,20,21)(H,22,23). The number of hydrogen-bond donors (Lipinski definition) is 2. The Balaban J connectivity index is 1.90. The van der Waals surface area contributed by atoms with E-state index < -0.39 is 17.7 Å². The summed E-state index contributed by atoms with van der Waals surface area (Å²) in [6.07, 6.45) is 5.03. The van der Waals surface area contributed by atoms with Crippen molar-refractivity contribution >= 4 is 11.9 Å². The zero-order valence-corrected chi connectivity index (χ0v) is 13.4. The molecule has 1 aromatic rings. The van der Waals surface area contributed by atoms with Crippen molar-refractivity contribution in [3.63, 3.8) is 0 Å². The van der Waals surface area contributed by atoms with Crippen LogP contribution in [0.15, 0.2) is 24.3 Å². The van der Waals surface area contributed by atoms with Crippen LogP contribution in [0.2, 0.25) is 0 Å². The lowest BCUT2D eigenvalue weighted by molar-refractivity contribution is -0.138. The summed E-state index contributed by atoms with van der Waals surface area (Å²) >= 11 is 0. The quantitative estimate of drug-likeness (QED) is 0.844. The normalized spacial score (nSPS) is 22.3. The number of benzene rings is 1. The van der Waals surface area contributed by atoms with Gasteiger partial charge in [0.25, 0.3) is 0 Å². The van der Waals surface area contributed by atoms with Crippen molar-refractivity contribution in [2.24, 2.45) is 11.8 Å². The van der Waals surface area contributed by atoms with E-state index in [2.05, 4.69) is 12.2 Å². The maximum atomic E-state index is 13.0. The Kier molecular flexibility index (Phi) is 6.13. The fourth-order valence-electron chi connectivity index (χ4n) is 3.22. The molecule has 1 amide bonds. The van der Waals surface area contributed by atoms with E-state index in [0.717, 1.165) is 32.1 Å². The number of carboxylic acid groups (broad SMARTS) is 1. The molecule has 1 aliphatic rings. The molecule has 0 aliphatic heterocycles. The number of carbonyl (C=O) groups is 2. The first kappa shape index (κ1) is 17.4. The molecule has 2 N–H and O–H groups in total. The first-order chi connectivity index (χ1) is 11.0. The van der Waals surface area contributed by atoms with Crippen LogP contribution in [0.3, 0.4) is 0 Å². The third-order valence-electron chi connectivity index (χ3n) is 4.85. The van der Waals surface area contributed by atoms with Gasteiger partial charge in [0.2, 0.25) is 5.91 Å². The first-order valence-electron chi connectivity index (χ1n) is 8.27. The van der Waals surface area contributed by atoms with Gasteiger partial charge in [-0.2, -0.15) is 0 Å². The number of amides is 1. The molecule has 0 bridgehead atoms. The van der Waals surface area contributed by atoms with Gasteiger partial charge in [-0.3, -0.25) is 9.59 Å². The molecule has 1 aliphatic carbocycles. The molecule has 1 fully saturated rings. The van der Waals surface area contributed by atoms with Crippen LogP contribution in [0.25, 0.3) is 0 Å². The van der Waals surface area contributed by atoms with Gasteiger partial charge in [0.05, 0.1) is 5.92 Å². The lowest BCUT2D eigenvalue weighted by Crippen LogP contribution is -2.37. The molecular weight excluding hydrogens is 297 g/mol. The molecule has 0 saturated heterocycles. The zero-order chi connectivity index (χ0) is 16.8. The smallest absolute Gasteiger partial charge is 0.312 e. The Bertz CT molecular complexity index is 536. The van der Waals surface area contributed by atoms with Crippen LogP contribution < -0.4 is 5.32 Å². The fourth-order valence-corrected chi connectivity index (χ4v) is 3.22. The highest BCUT2D eigenvalue weighted by Crippen LogP contribution is 2.30. The van der Waals surface area contributed by atoms with Gasteiger partial charge >= 0.3 is 5.97 Å². The van der Waals surface area contributed by atoms with Gasteiger partial charge in [0.1, 0.15) is 5.82 Å². The highest BCUT2D eigenvalue weighted by atomic mass is 19.1. The zero-order valence-electron chi connectivity index (χ0n) is 13.4. The van der Waals surface area contributed by atoms with E-state index in [-0.39, 0.29) is 18.4 Å². The molecular formula is C18H24FNO3. The summed E-state index contributed by atoms with van der Waals surface area (Å²) < 4.78 is 13.0. The average Bonchev–Trinajstić information content (AvgIpc) is 2.56. The fraction of sp³-hybridized carbons (Fsp3) is 0.556. The highest BCUT2D eigenvalue weighted by molar-refractivity contribution is 5.81. The predicted molar refractivity (Wildman–Crippen MR) is 85.5 cm³/mol. The van der Waals surface area contributed by atoms with Crippen molar-refractivity contribution in [2.45, 2.75) is 44.9 Å². The van der Waals surface area contributed by atoms with Gasteiger partial charge in [-0.25, -0.2) is 4.39 Å². The summed E-state index contributed by atoms with van der Waals surface area (Å²) in [4.78, 5) is 23.7. The van der Waals surface area contributed by atoms with Crippen LogP contribution in [0.5, 0.6) is 0 Å². The molecule has 0 heterocycles. The average molecular weight is 321 g/mol. The molecule has 0 aromatic heterocycles. The van der Waals surface area contributed by atoms with Crippen LogP contribution >= 0.6 is 0 Å². The van der Waals surface area contributed by atoms with Gasteiger partial charge in [-0.15, -0.1) is 0 Å². The molecule has 126 valence electrons. The maximum absolute atomic E-state index is 13.0. The number of halogens is 1. The van der Waals surface area contributed by atoms with Crippen molar-refractivity contribution in [1.82, 2.24) is 5.32 Å². The van der Waals surface area contributed by atoms with E-state index in [1.165, 1.54) is 24.3 Å². The van der Waals surface area contributed by atoms with Gasteiger partial charge in [-0.05, 0) is 49.3 Å². The second-order valence-electron chi connectivity index (χ2n) is 6.31. The monoisotopic (exact) mass is 321 g/mol. The number of carbonyl (C=O) groups excluding carboxylic acids is 1. The maximum Gasteiger partial charge on any atom is 0.312 e. The Hall–Kier alpha value is -1.91. The van der Waals surface area contributed by atoms with Crippen LogP contribution in [-0.4, -0.2) is 23.5 Å². The van der Waals surface area contributed by atoms with Gasteiger partial charge in [-0.1, -0.05) is 25.5 Å². The molecule has 1 unspecified atom stereocenters. The van der Waals surface area contributed by atoms with Crippen molar-refractivity contribution in [1.29, 1.82) is 0 Å². The van der Waals surface area contributed by atoms with Gasteiger partial charge in [0.15, 0.2) is 0 Å². The number of rotatable bonds is 6. The minimum absolute atomic E-state index is 0.0135. The Morgan fingerprint density at radius 3 is 2.35 bits per heavy atom. The molecule has 1 atom stereocenters. The lowest BCUT2D eigenvalue weighted by Gasteiger charge is -2.27. The predicted octanol–water partition coefficient (Wildman–Crippen LogP) is 3.33. The van der Waals surface area contributed by atoms with Crippen LogP contribution in [0, 0.1) is 17.7 Å². The van der Waals surface area contributed by atoms with Gasteiger partial charge < -0.3 is 10.4 Å². The molecule has 0 spiro atoms. The molecule has 2 rings (SSSR count). The highest BCUT2D eigenvalue weighted by Gasteiger charge is 2.27. The minimum atomic E-state index is -1.02. The first-order valence-corrected chi connectivity index (χ1v) is 8.27. The number of aliphatic carboxylic acids is 1. The molecule has 0 radical (unpaired) electrons. The third kappa shape index (κ3) is 4.78. The van der Waals surface area contributed by atoms with E-state index in [0.29, 0.717) is 11.5 Å². The van der Waals surface area contributed by atoms with Crippen LogP contribution in [0.4, 0.5) is 4.39 Å². The summed E-state index contributed by atoms with van der Waals surface area (Å²) in [5.74, 6) is -1.65. The van der Waals surface area contributed by atoms with E-state index in [1.54, 1.807) is 0 Å². The molecule has 5 heteroatoms. The summed E-state index contributed by atoms with van der Waals surface area (Å²) in [6.45, 7) is 2.21. The number of hydrogen-bond acceptors (Lipinski definition) is 2. The van der Waals surface area contributed by atoms with Crippen LogP contribution in [0.1, 0.15) is 50.5 Å². The Morgan fingerprint density at radius 2 is 1.83 bits per heavy atom. The van der Waals surface area contributed by atoms with Crippen molar-refractivity contribution in [2.75, 3.05) is 6.54 Å². The summed E-state index contributed by atoms with van der Waals surface area (Å²) in [6, 6.07) is 5.37. The molecule has 4 nitrogen and oxygen atoms in total. The molecule has 23 heavy (non-hydrogen) atoms. The van der Waals surface area contributed by atoms with Crippen molar-refractivity contribution in [3.05, 3.63) is 35.6 Å². The molecule has 1 saturated carbocycles. The molecule has 1 aromatic carbocycles. The van der Waals surface area contributed by atoms with E-state index >= 15 is 0 Å². The second-order valence-corrected chi connectivity index (χ2v) is 6.31. The van der Waals surface area contributed by atoms with Crippen molar-refractivity contribution in [3.8, 4) is 0 Å². The van der Waals surface area contributed by atoms with Crippen molar-refractivity contribution < 1.29 is 19.1 Å². The number of carboxylic acids is 1. The summed E-state index contributed by atoms with van der Waals surface area (Å²) in [5, 5.41) is 12.1.